The summed E-state index contributed by atoms with van der Waals surface area (Å²) in [5, 5.41) is 23.0. The first-order valence-corrected chi connectivity index (χ1v) is 11.5. The molecule has 1 aromatic carbocycles. The third kappa shape index (κ3) is 6.58. The number of carbonyl (C=O) groups is 1. The van der Waals surface area contributed by atoms with Crippen LogP contribution in [-0.2, 0) is 13.8 Å². The van der Waals surface area contributed by atoms with E-state index in [1.54, 1.807) is 6.92 Å². The van der Waals surface area contributed by atoms with Gasteiger partial charge in [0.2, 0.25) is 0 Å². The monoisotopic (exact) mass is 512 g/mol. The number of nitrogens with zero attached hydrogens (tertiary/aromatic N) is 4. The third-order valence-corrected chi connectivity index (χ3v) is 5.47. The Morgan fingerprint density at radius 1 is 1.23 bits per heavy atom. The van der Waals surface area contributed by atoms with E-state index in [9.17, 15) is 19.6 Å². The number of Topliss-reactive ketones (excluding diaryl/α,β-unsaturated/α-hetero) is 1. The Morgan fingerprint density at radius 2 is 1.91 bits per heavy atom. The van der Waals surface area contributed by atoms with E-state index in [4.69, 9.17) is 20.3 Å². The van der Waals surface area contributed by atoms with Crippen LogP contribution in [0, 0.1) is 0 Å². The number of carbonyl (C=O) groups excluding carboxylic acids is 1. The van der Waals surface area contributed by atoms with E-state index in [0.29, 0.717) is 5.52 Å². The molecule has 0 amide bonds. The van der Waals surface area contributed by atoms with Gasteiger partial charge in [0.15, 0.2) is 23.5 Å². The maximum Gasteiger partial charge on any atom is 0.469 e. The molecule has 4 atom stereocenters. The molecule has 35 heavy (non-hydrogen) atoms. The molecule has 0 bridgehead atoms. The average molecular weight is 512 g/mol. The first-order valence-electron chi connectivity index (χ1n) is 9.96. The van der Waals surface area contributed by atoms with Gasteiger partial charge < -0.3 is 35.8 Å². The molecule has 0 radical (unpaired) electrons. The Morgan fingerprint density at radius 3 is 2.51 bits per heavy atom. The molecular formula is C20H29N6O8P. The van der Waals surface area contributed by atoms with Crippen LogP contribution >= 0.6 is 7.82 Å². The molecule has 0 spiro atoms. The van der Waals surface area contributed by atoms with Crippen molar-refractivity contribution in [1.29, 1.82) is 0 Å². The number of hydrogen-bond donors (Lipinski definition) is 6. The average Bonchev–Trinajstić information content (AvgIpc) is 3.34. The summed E-state index contributed by atoms with van der Waals surface area (Å²) >= 11 is 0. The summed E-state index contributed by atoms with van der Waals surface area (Å²) in [5.74, 6) is 0.234. The minimum Gasteiger partial charge on any atom is -0.388 e. The fourth-order valence-electron chi connectivity index (χ4n) is 3.33. The second kappa shape index (κ2) is 11.6. The smallest absolute Gasteiger partial charge is 0.388 e. The molecule has 7 N–H and O–H groups in total. The van der Waals surface area contributed by atoms with Gasteiger partial charge >= 0.3 is 7.82 Å². The Labute approximate surface area is 201 Å². The summed E-state index contributed by atoms with van der Waals surface area (Å²) < 4.78 is 21.8. The number of phosphoric ester groups is 1. The number of ether oxygens (including phenoxy) is 1. The quantitative estimate of drug-likeness (QED) is 0.198. The van der Waals surface area contributed by atoms with Crippen molar-refractivity contribution < 1.29 is 38.6 Å². The fraction of sp³-hybridized carbons (Fsp3) is 0.400. The van der Waals surface area contributed by atoms with Crippen LogP contribution in [0.3, 0.4) is 0 Å². The van der Waals surface area contributed by atoms with Gasteiger partial charge in [0.25, 0.3) is 0 Å². The topological polar surface area (TPSA) is 215 Å². The van der Waals surface area contributed by atoms with Crippen LogP contribution in [0.1, 0.15) is 30.9 Å². The Hall–Kier alpha value is -2.97. The molecule has 1 fully saturated rings. The Kier molecular flexibility index (Phi) is 9.40. The molecular weight excluding hydrogens is 483 g/mol. The molecule has 14 nitrogen and oxygen atoms in total. The van der Waals surface area contributed by atoms with Gasteiger partial charge in [0.05, 0.1) is 12.9 Å². The molecule has 192 valence electrons. The lowest BCUT2D eigenvalue weighted by Crippen LogP contribution is -2.33. The largest absolute Gasteiger partial charge is 0.469 e. The zero-order chi connectivity index (χ0) is 25.0. The Balaban J connectivity index is 0.000000305. The molecule has 4 rings (SSSR count). The summed E-state index contributed by atoms with van der Waals surface area (Å²) in [5.41, 5.74) is 7.88. The number of rotatable bonds is 6. The zero-order valence-corrected chi connectivity index (χ0v) is 19.1. The van der Waals surface area contributed by atoms with E-state index in [-0.39, 0.29) is 24.7 Å². The number of para-hydroxylation sites is 1. The van der Waals surface area contributed by atoms with Gasteiger partial charge in [0.1, 0.15) is 30.2 Å². The first kappa shape index (κ1) is 28.3. The van der Waals surface area contributed by atoms with Gasteiger partial charge in [-0.15, -0.1) is 0 Å². The van der Waals surface area contributed by atoms with Crippen molar-refractivity contribution in [2.75, 3.05) is 24.7 Å². The minimum absolute atomic E-state index is 0. The van der Waals surface area contributed by atoms with Crippen LogP contribution in [0.5, 0.6) is 0 Å². The number of anilines is 2. The highest BCUT2D eigenvalue weighted by Gasteiger charge is 2.45. The molecule has 0 aliphatic carbocycles. The first-order chi connectivity index (χ1) is 16.0. The number of imidazole rings is 1. The number of phosphoric acid groups is 1. The van der Waals surface area contributed by atoms with E-state index < -0.39 is 39.0 Å². The molecule has 2 aromatic heterocycles. The molecule has 1 unspecified atom stereocenters. The lowest BCUT2D eigenvalue weighted by atomic mass is 10.1. The highest BCUT2D eigenvalue weighted by Crippen LogP contribution is 2.38. The van der Waals surface area contributed by atoms with Gasteiger partial charge in [-0.2, -0.15) is 0 Å². The summed E-state index contributed by atoms with van der Waals surface area (Å²) in [7, 11) is -2.91. The third-order valence-electron chi connectivity index (χ3n) is 4.98. The second-order valence-corrected chi connectivity index (χ2v) is 8.51. The lowest BCUT2D eigenvalue weighted by molar-refractivity contribution is -0.0504. The van der Waals surface area contributed by atoms with E-state index in [1.807, 2.05) is 31.3 Å². The van der Waals surface area contributed by atoms with Crippen LogP contribution in [0.25, 0.3) is 11.2 Å². The number of aliphatic hydroxyl groups excluding tert-OH is 2. The summed E-state index contributed by atoms with van der Waals surface area (Å²) in [6.45, 7) is 0.971. The molecule has 3 aromatic rings. The number of hydrogen-bond acceptors (Lipinski definition) is 11. The number of nitrogens with one attached hydrogen (secondary N) is 1. The number of ketones is 1. The number of fused-ring (bicyclic) bond motifs is 1. The van der Waals surface area contributed by atoms with E-state index in [2.05, 4.69) is 24.8 Å². The van der Waals surface area contributed by atoms with E-state index in [1.165, 1.54) is 17.2 Å². The van der Waals surface area contributed by atoms with Gasteiger partial charge in [-0.05, 0) is 19.1 Å². The number of aliphatic hydroxyl groups is 2. The molecule has 1 aliphatic heterocycles. The fourth-order valence-corrected chi connectivity index (χ4v) is 3.67. The second-order valence-electron chi connectivity index (χ2n) is 7.27. The standard InChI is InChI=1S/C10H14N5O7P.C9H11NO.CH4/c11-8-5-9(13-2-12-8)15(3-14-5)10-7(17)6(16)4(22-10)1-21-23(18,19)20;1-7(11)8-5-3-4-6-9(8)10-2;/h2-4,6-7,10,16-17H,1H2,(H2,11,12,13)(H2,18,19,20);3-6,10H,1-2H3;1H4/t4-,6?,7+,10-;;/m1../s1. The molecule has 3 heterocycles. The van der Waals surface area contributed by atoms with Crippen LogP contribution in [0.15, 0.2) is 36.9 Å². The predicted molar refractivity (Wildman–Crippen MR) is 126 cm³/mol. The van der Waals surface area contributed by atoms with Gasteiger partial charge in [-0.1, -0.05) is 19.6 Å². The van der Waals surface area contributed by atoms with Crippen molar-refractivity contribution in [3.8, 4) is 0 Å². The van der Waals surface area contributed by atoms with Crippen molar-refractivity contribution >= 4 is 36.3 Å². The lowest BCUT2D eigenvalue weighted by Gasteiger charge is -2.16. The number of nitrogens with two attached hydrogens (primary N) is 1. The van der Waals surface area contributed by atoms with Crippen molar-refractivity contribution in [3.05, 3.63) is 42.5 Å². The van der Waals surface area contributed by atoms with E-state index >= 15 is 0 Å². The van der Waals surface area contributed by atoms with E-state index in [0.717, 1.165) is 11.3 Å². The number of aromatic nitrogens is 4. The molecule has 1 aliphatic rings. The van der Waals surface area contributed by atoms with Crippen LogP contribution in [0.4, 0.5) is 11.5 Å². The highest BCUT2D eigenvalue weighted by molar-refractivity contribution is 7.46. The maximum atomic E-state index is 11.0. The van der Waals surface area contributed by atoms with Crippen molar-refractivity contribution in [2.45, 2.75) is 38.9 Å². The predicted octanol–water partition coefficient (Wildman–Crippen LogP) is 0.704. The van der Waals surface area contributed by atoms with Crippen molar-refractivity contribution in [3.63, 3.8) is 0 Å². The van der Waals surface area contributed by atoms with Gasteiger partial charge in [0, 0.05) is 18.3 Å². The summed E-state index contributed by atoms with van der Waals surface area (Å²) in [4.78, 5) is 40.2. The summed E-state index contributed by atoms with van der Waals surface area (Å²) in [6, 6.07) is 7.46. The number of benzene rings is 1. The molecule has 0 saturated carbocycles. The van der Waals surface area contributed by atoms with Gasteiger partial charge in [-0.25, -0.2) is 19.5 Å². The van der Waals surface area contributed by atoms with Crippen molar-refractivity contribution in [1.82, 2.24) is 19.5 Å². The number of nitrogen functional groups attached to an aromatic ring is 1. The normalized spacial score (nSPS) is 21.7. The van der Waals surface area contributed by atoms with Gasteiger partial charge in [-0.3, -0.25) is 13.9 Å². The van der Waals surface area contributed by atoms with Crippen molar-refractivity contribution in [2.24, 2.45) is 0 Å². The maximum absolute atomic E-state index is 11.0. The minimum atomic E-state index is -4.72. The SMILES string of the molecule is C.CNc1ccccc1C(C)=O.Nc1ncnc2c1ncn2[C@@H]1O[C@H](COP(=O)(O)O)C(O)[C@@H]1O. The zero-order valence-electron chi connectivity index (χ0n) is 18.2. The van der Waals surface area contributed by atoms with Crippen LogP contribution in [-0.4, -0.2) is 77.3 Å². The van der Waals surface area contributed by atoms with Crippen LogP contribution < -0.4 is 11.1 Å². The van der Waals surface area contributed by atoms with Crippen LogP contribution in [0.2, 0.25) is 0 Å². The summed E-state index contributed by atoms with van der Waals surface area (Å²) in [6.07, 6.45) is -2.49. The highest BCUT2D eigenvalue weighted by atomic mass is 31.2. The Bertz CT molecular complexity index is 1200. The molecule has 15 heteroatoms. The molecule has 1 saturated heterocycles.